The number of nitrogens with two attached hydrogens (primary N) is 1. The number of rotatable bonds is 8. The largest absolute Gasteiger partial charge is 0.471 e. The van der Waals surface area contributed by atoms with Gasteiger partial charge in [-0.1, -0.05) is 66.7 Å². The molecule has 1 fully saturated rings. The first-order chi connectivity index (χ1) is 13.7. The second-order valence-electron chi connectivity index (χ2n) is 6.91. The summed E-state index contributed by atoms with van der Waals surface area (Å²) >= 11 is 0. The Labute approximate surface area is 167 Å². The van der Waals surface area contributed by atoms with Crippen molar-refractivity contribution in [2.24, 2.45) is 5.73 Å². The van der Waals surface area contributed by atoms with Gasteiger partial charge >= 0.3 is 0 Å². The minimum atomic E-state index is -0.580. The van der Waals surface area contributed by atoms with Crippen molar-refractivity contribution in [3.63, 3.8) is 0 Å². The van der Waals surface area contributed by atoms with E-state index in [-0.39, 0.29) is 18.3 Å². The summed E-state index contributed by atoms with van der Waals surface area (Å²) in [5.74, 6) is 0. The lowest BCUT2D eigenvalue weighted by Crippen LogP contribution is -2.62. The molecular formula is C23H29NO4. The predicted molar refractivity (Wildman–Crippen MR) is 108 cm³/mol. The van der Waals surface area contributed by atoms with Gasteiger partial charge in [0.2, 0.25) is 6.29 Å². The monoisotopic (exact) mass is 383 g/mol. The molecule has 5 atom stereocenters. The van der Waals surface area contributed by atoms with Crippen molar-refractivity contribution < 1.29 is 18.9 Å². The molecule has 5 nitrogen and oxygen atoms in total. The van der Waals surface area contributed by atoms with Gasteiger partial charge in [0.1, 0.15) is 12.2 Å². The van der Waals surface area contributed by atoms with Gasteiger partial charge in [0.15, 0.2) is 0 Å². The minimum Gasteiger partial charge on any atom is -0.471 e. The molecule has 0 saturated carbocycles. The van der Waals surface area contributed by atoms with E-state index in [1.54, 1.807) is 12.3 Å². The molecule has 2 N–H and O–H groups in total. The molecule has 0 bridgehead atoms. The summed E-state index contributed by atoms with van der Waals surface area (Å²) in [6.07, 6.45) is 1.94. The van der Waals surface area contributed by atoms with Crippen LogP contribution in [0.5, 0.6) is 0 Å². The molecule has 1 heterocycles. The van der Waals surface area contributed by atoms with Crippen molar-refractivity contribution in [1.29, 1.82) is 0 Å². The molecule has 150 valence electrons. The van der Waals surface area contributed by atoms with E-state index in [0.29, 0.717) is 13.2 Å². The summed E-state index contributed by atoms with van der Waals surface area (Å²) < 4.78 is 24.1. The Bertz CT molecular complexity index is 722. The highest BCUT2D eigenvalue weighted by molar-refractivity contribution is 5.14. The molecule has 28 heavy (non-hydrogen) atoms. The van der Waals surface area contributed by atoms with E-state index in [0.717, 1.165) is 11.1 Å². The van der Waals surface area contributed by atoms with Crippen molar-refractivity contribution in [2.75, 3.05) is 0 Å². The standard InChI is InChI=1S/C23H29NO4/c1-3-14-25-23-20(24)22(27-16-19-12-8-5-9-13-19)21(17(2)28-23)26-15-18-10-6-4-7-11-18/h3-14,17,20-23H,15-16,24H2,1-2H3. The SMILES string of the molecule is CC=COC1OC(C)C(OCc2ccccc2)C(OCc2ccccc2)C1N. The van der Waals surface area contributed by atoms with Crippen molar-refractivity contribution in [1.82, 2.24) is 0 Å². The summed E-state index contributed by atoms with van der Waals surface area (Å²) in [5.41, 5.74) is 8.64. The summed E-state index contributed by atoms with van der Waals surface area (Å²) in [6.45, 7) is 4.77. The summed E-state index contributed by atoms with van der Waals surface area (Å²) in [4.78, 5) is 0. The topological polar surface area (TPSA) is 62.9 Å². The highest BCUT2D eigenvalue weighted by atomic mass is 16.7. The van der Waals surface area contributed by atoms with Gasteiger partial charge in [0.25, 0.3) is 0 Å². The van der Waals surface area contributed by atoms with Crippen LogP contribution in [0.4, 0.5) is 0 Å². The molecule has 0 amide bonds. The zero-order valence-corrected chi connectivity index (χ0v) is 16.4. The Morgan fingerprint density at radius 2 is 1.43 bits per heavy atom. The normalized spacial score (nSPS) is 27.8. The second kappa shape index (κ2) is 10.4. The van der Waals surface area contributed by atoms with E-state index in [9.17, 15) is 0 Å². The quantitative estimate of drug-likeness (QED) is 0.703. The van der Waals surface area contributed by atoms with Crippen LogP contribution in [0.2, 0.25) is 0 Å². The van der Waals surface area contributed by atoms with Gasteiger partial charge in [0.05, 0.1) is 31.6 Å². The Morgan fingerprint density at radius 1 is 0.893 bits per heavy atom. The van der Waals surface area contributed by atoms with E-state index in [1.165, 1.54) is 0 Å². The first kappa shape index (κ1) is 20.6. The molecule has 0 spiro atoms. The maximum atomic E-state index is 6.46. The Morgan fingerprint density at radius 3 is 1.96 bits per heavy atom. The van der Waals surface area contributed by atoms with E-state index >= 15 is 0 Å². The second-order valence-corrected chi connectivity index (χ2v) is 6.91. The molecule has 5 heteroatoms. The van der Waals surface area contributed by atoms with Crippen LogP contribution < -0.4 is 5.73 Å². The lowest BCUT2D eigenvalue weighted by Gasteiger charge is -2.43. The molecule has 1 aliphatic rings. The molecule has 0 aromatic heterocycles. The van der Waals surface area contributed by atoms with Crippen molar-refractivity contribution in [3.8, 4) is 0 Å². The fourth-order valence-corrected chi connectivity index (χ4v) is 3.27. The zero-order chi connectivity index (χ0) is 19.8. The number of hydrogen-bond acceptors (Lipinski definition) is 5. The van der Waals surface area contributed by atoms with Crippen LogP contribution >= 0.6 is 0 Å². The lowest BCUT2D eigenvalue weighted by atomic mass is 9.97. The van der Waals surface area contributed by atoms with Crippen LogP contribution in [0, 0.1) is 0 Å². The summed E-state index contributed by atoms with van der Waals surface area (Å²) in [5, 5.41) is 0. The lowest BCUT2D eigenvalue weighted by molar-refractivity contribution is -0.261. The fraction of sp³-hybridized carbons (Fsp3) is 0.391. The Kier molecular flexibility index (Phi) is 7.62. The molecule has 1 saturated heterocycles. The van der Waals surface area contributed by atoms with E-state index in [2.05, 4.69) is 0 Å². The average molecular weight is 383 g/mol. The van der Waals surface area contributed by atoms with Gasteiger partial charge in [0, 0.05) is 0 Å². The molecule has 5 unspecified atom stereocenters. The van der Waals surface area contributed by atoms with Gasteiger partial charge in [-0.2, -0.15) is 0 Å². The van der Waals surface area contributed by atoms with Crippen molar-refractivity contribution >= 4 is 0 Å². The molecular weight excluding hydrogens is 354 g/mol. The van der Waals surface area contributed by atoms with Gasteiger partial charge in [-0.25, -0.2) is 0 Å². The average Bonchev–Trinajstić information content (AvgIpc) is 2.73. The maximum Gasteiger partial charge on any atom is 0.217 e. The number of benzene rings is 2. The van der Waals surface area contributed by atoms with Crippen LogP contribution in [0.3, 0.4) is 0 Å². The smallest absolute Gasteiger partial charge is 0.217 e. The Hall–Kier alpha value is -2.18. The van der Waals surface area contributed by atoms with Crippen molar-refractivity contribution in [2.45, 2.75) is 57.7 Å². The van der Waals surface area contributed by atoms with Gasteiger partial charge in [-0.3, -0.25) is 0 Å². The Balaban J connectivity index is 1.71. The first-order valence-electron chi connectivity index (χ1n) is 9.67. The van der Waals surface area contributed by atoms with E-state index in [4.69, 9.17) is 24.7 Å². The molecule has 0 aliphatic carbocycles. The van der Waals surface area contributed by atoms with E-state index in [1.807, 2.05) is 74.5 Å². The third-order valence-electron chi connectivity index (χ3n) is 4.75. The summed E-state index contributed by atoms with van der Waals surface area (Å²) in [7, 11) is 0. The van der Waals surface area contributed by atoms with Crippen LogP contribution in [-0.2, 0) is 32.2 Å². The highest BCUT2D eigenvalue weighted by Gasteiger charge is 2.45. The zero-order valence-electron chi connectivity index (χ0n) is 16.4. The van der Waals surface area contributed by atoms with Gasteiger partial charge in [-0.05, 0) is 25.0 Å². The first-order valence-corrected chi connectivity index (χ1v) is 9.67. The maximum absolute atomic E-state index is 6.46. The molecule has 1 aliphatic heterocycles. The van der Waals surface area contributed by atoms with Crippen LogP contribution in [-0.4, -0.2) is 30.6 Å². The third-order valence-corrected chi connectivity index (χ3v) is 4.75. The fourth-order valence-electron chi connectivity index (χ4n) is 3.27. The third kappa shape index (κ3) is 5.42. The van der Waals surface area contributed by atoms with E-state index < -0.39 is 12.3 Å². The highest BCUT2D eigenvalue weighted by Crippen LogP contribution is 2.27. The molecule has 2 aromatic carbocycles. The molecule has 2 aromatic rings. The number of hydrogen-bond donors (Lipinski definition) is 1. The van der Waals surface area contributed by atoms with Gasteiger partial charge < -0.3 is 24.7 Å². The summed E-state index contributed by atoms with van der Waals surface area (Å²) in [6, 6.07) is 19.6. The minimum absolute atomic E-state index is 0.223. The number of ether oxygens (including phenoxy) is 4. The number of allylic oxidation sites excluding steroid dienone is 1. The van der Waals surface area contributed by atoms with Crippen molar-refractivity contribution in [3.05, 3.63) is 84.1 Å². The predicted octanol–water partition coefficient (Wildman–Crippen LogP) is 3.78. The molecule has 0 radical (unpaired) electrons. The van der Waals surface area contributed by atoms with Crippen LogP contribution in [0.1, 0.15) is 25.0 Å². The van der Waals surface area contributed by atoms with Gasteiger partial charge in [-0.15, -0.1) is 0 Å². The molecule has 3 rings (SSSR count). The van der Waals surface area contributed by atoms with Crippen LogP contribution in [0.25, 0.3) is 0 Å². The van der Waals surface area contributed by atoms with Crippen LogP contribution in [0.15, 0.2) is 73.0 Å².